The van der Waals surface area contributed by atoms with Gasteiger partial charge in [-0.1, -0.05) is 24.3 Å². The lowest BCUT2D eigenvalue weighted by atomic mass is 10.0. The first-order valence-electron chi connectivity index (χ1n) is 8.92. The number of benzene rings is 2. The fraction of sp³-hybridized carbons (Fsp3) is 0.381. The van der Waals surface area contributed by atoms with Crippen LogP contribution in [0, 0.1) is 5.82 Å². The number of aromatic carboxylic acids is 1. The van der Waals surface area contributed by atoms with Gasteiger partial charge in [-0.2, -0.15) is 0 Å². The van der Waals surface area contributed by atoms with Crippen LogP contribution in [0.2, 0.25) is 0 Å². The molecular formula is C21H24FNO4. The van der Waals surface area contributed by atoms with E-state index in [0.717, 1.165) is 11.8 Å². The lowest BCUT2D eigenvalue weighted by Crippen LogP contribution is -2.53. The zero-order valence-corrected chi connectivity index (χ0v) is 15.5. The Labute approximate surface area is 158 Å². The minimum Gasteiger partial charge on any atom is -0.491 e. The molecule has 144 valence electrons. The number of carboxylic acid groups (broad SMARTS) is 1. The molecule has 0 spiro atoms. The highest BCUT2D eigenvalue weighted by Gasteiger charge is 2.34. The normalized spacial score (nSPS) is 19.6. The summed E-state index contributed by atoms with van der Waals surface area (Å²) in [7, 11) is 0. The molecule has 2 aromatic carbocycles. The summed E-state index contributed by atoms with van der Waals surface area (Å²) in [6, 6.07) is 13.6. The molecule has 1 N–H and O–H groups in total. The van der Waals surface area contributed by atoms with E-state index in [9.17, 15) is 9.18 Å². The maximum atomic E-state index is 14.3. The van der Waals surface area contributed by atoms with Gasteiger partial charge in [-0.05, 0) is 38.1 Å². The first-order valence-corrected chi connectivity index (χ1v) is 8.92. The molecule has 1 saturated heterocycles. The molecule has 1 unspecified atom stereocenters. The van der Waals surface area contributed by atoms with Crippen LogP contribution in [0.1, 0.15) is 29.8 Å². The molecule has 1 atom stereocenters. The number of rotatable bonds is 6. The minimum atomic E-state index is -1.13. The van der Waals surface area contributed by atoms with Crippen LogP contribution in [0.15, 0.2) is 48.5 Å². The summed E-state index contributed by atoms with van der Waals surface area (Å²) in [4.78, 5) is 13.1. The summed E-state index contributed by atoms with van der Waals surface area (Å²) < 4.78 is 26.2. The highest BCUT2D eigenvalue weighted by Crippen LogP contribution is 2.24. The van der Waals surface area contributed by atoms with Crippen molar-refractivity contribution >= 4 is 5.97 Å². The number of para-hydroxylation sites is 1. The van der Waals surface area contributed by atoms with Crippen LogP contribution in [-0.2, 0) is 11.3 Å². The highest BCUT2D eigenvalue weighted by molar-refractivity contribution is 5.87. The van der Waals surface area contributed by atoms with Crippen molar-refractivity contribution in [3.8, 4) is 5.75 Å². The molecule has 0 saturated carbocycles. The van der Waals surface area contributed by atoms with Crippen LogP contribution in [0.5, 0.6) is 5.75 Å². The number of carbonyl (C=O) groups is 1. The van der Waals surface area contributed by atoms with Gasteiger partial charge < -0.3 is 14.6 Å². The van der Waals surface area contributed by atoms with Gasteiger partial charge in [-0.15, -0.1) is 0 Å². The average molecular weight is 373 g/mol. The van der Waals surface area contributed by atoms with Crippen LogP contribution >= 0.6 is 0 Å². The zero-order valence-electron chi connectivity index (χ0n) is 15.5. The zero-order chi connectivity index (χ0) is 19.4. The first-order chi connectivity index (χ1) is 12.8. The molecule has 0 aliphatic carbocycles. The van der Waals surface area contributed by atoms with Gasteiger partial charge >= 0.3 is 5.97 Å². The van der Waals surface area contributed by atoms with Crippen molar-refractivity contribution in [2.24, 2.45) is 0 Å². The Balaban J connectivity index is 1.65. The third kappa shape index (κ3) is 5.28. The number of halogens is 1. The molecule has 0 radical (unpaired) electrons. The summed E-state index contributed by atoms with van der Waals surface area (Å²) in [5.41, 5.74) is 0.0357. The number of morpholine rings is 1. The van der Waals surface area contributed by atoms with Crippen LogP contribution in [0.3, 0.4) is 0 Å². The lowest BCUT2D eigenvalue weighted by molar-refractivity contribution is -0.148. The molecule has 0 bridgehead atoms. The molecule has 1 aliphatic rings. The molecule has 1 heterocycles. The van der Waals surface area contributed by atoms with Crippen LogP contribution in [0.4, 0.5) is 4.39 Å². The second kappa shape index (κ2) is 8.06. The molecule has 1 aliphatic heterocycles. The Hall–Kier alpha value is -2.44. The largest absolute Gasteiger partial charge is 0.491 e. The fourth-order valence-corrected chi connectivity index (χ4v) is 3.38. The minimum absolute atomic E-state index is 0.0484. The van der Waals surface area contributed by atoms with E-state index in [4.69, 9.17) is 14.6 Å². The predicted octanol–water partition coefficient (Wildman–Crippen LogP) is 3.58. The van der Waals surface area contributed by atoms with Crippen LogP contribution in [0.25, 0.3) is 0 Å². The Morgan fingerprint density at radius 3 is 2.70 bits per heavy atom. The van der Waals surface area contributed by atoms with E-state index in [-0.39, 0.29) is 17.3 Å². The summed E-state index contributed by atoms with van der Waals surface area (Å²) in [5, 5.41) is 8.97. The van der Waals surface area contributed by atoms with E-state index in [1.54, 1.807) is 0 Å². The molecule has 6 heteroatoms. The standard InChI is InChI=1S/C21H24FNO4/c1-21(2)14-23(11-16-9-8-15(20(24)25)10-19(16)22)12-18(27-21)13-26-17-6-4-3-5-7-17/h3-10,18H,11-14H2,1-2H3,(H,24,25). The molecule has 0 aromatic heterocycles. The fourth-order valence-electron chi connectivity index (χ4n) is 3.38. The number of nitrogens with zero attached hydrogens (tertiary/aromatic N) is 1. The van der Waals surface area contributed by atoms with Gasteiger partial charge in [0.05, 0.1) is 11.2 Å². The Bertz CT molecular complexity index is 794. The third-order valence-electron chi connectivity index (χ3n) is 4.42. The molecule has 2 aromatic rings. The monoisotopic (exact) mass is 373 g/mol. The number of ether oxygens (including phenoxy) is 2. The maximum Gasteiger partial charge on any atom is 0.335 e. The Morgan fingerprint density at radius 1 is 1.30 bits per heavy atom. The average Bonchev–Trinajstić information content (AvgIpc) is 2.61. The lowest BCUT2D eigenvalue weighted by Gasteiger charge is -2.42. The Kier molecular flexibility index (Phi) is 5.77. The highest BCUT2D eigenvalue weighted by atomic mass is 19.1. The van der Waals surface area contributed by atoms with E-state index >= 15 is 0 Å². The van der Waals surface area contributed by atoms with Crippen molar-refractivity contribution in [3.63, 3.8) is 0 Å². The molecule has 0 amide bonds. The summed E-state index contributed by atoms with van der Waals surface area (Å²) >= 11 is 0. The van der Waals surface area contributed by atoms with E-state index in [1.807, 2.05) is 44.2 Å². The summed E-state index contributed by atoms with van der Waals surface area (Å²) in [6.07, 6.45) is -0.143. The van der Waals surface area contributed by atoms with Crippen molar-refractivity contribution in [2.75, 3.05) is 19.7 Å². The summed E-state index contributed by atoms with van der Waals surface area (Å²) in [5.74, 6) is -0.853. The van der Waals surface area contributed by atoms with Gasteiger partial charge in [0.25, 0.3) is 0 Å². The first kappa shape index (κ1) is 19.3. The van der Waals surface area contributed by atoms with Crippen molar-refractivity contribution in [3.05, 3.63) is 65.5 Å². The van der Waals surface area contributed by atoms with Gasteiger partial charge in [-0.25, -0.2) is 9.18 Å². The number of hydrogen-bond donors (Lipinski definition) is 1. The SMILES string of the molecule is CC1(C)CN(Cc2ccc(C(=O)O)cc2F)CC(COc2ccccc2)O1. The van der Waals surface area contributed by atoms with E-state index in [0.29, 0.717) is 31.8 Å². The topological polar surface area (TPSA) is 59.0 Å². The third-order valence-corrected chi connectivity index (χ3v) is 4.42. The van der Waals surface area contributed by atoms with Gasteiger partial charge in [0.1, 0.15) is 24.3 Å². The van der Waals surface area contributed by atoms with Crippen LogP contribution < -0.4 is 4.74 Å². The Morgan fingerprint density at radius 2 is 2.04 bits per heavy atom. The van der Waals surface area contributed by atoms with Crippen molar-refractivity contribution in [1.82, 2.24) is 4.90 Å². The van der Waals surface area contributed by atoms with E-state index in [2.05, 4.69) is 4.90 Å². The van der Waals surface area contributed by atoms with Gasteiger partial charge in [0.15, 0.2) is 0 Å². The van der Waals surface area contributed by atoms with Gasteiger partial charge in [0, 0.05) is 25.2 Å². The second-order valence-electron chi connectivity index (χ2n) is 7.40. The van der Waals surface area contributed by atoms with Crippen molar-refractivity contribution < 1.29 is 23.8 Å². The second-order valence-corrected chi connectivity index (χ2v) is 7.40. The molecule has 1 fully saturated rings. The molecular weight excluding hydrogens is 349 g/mol. The predicted molar refractivity (Wildman–Crippen MR) is 99.5 cm³/mol. The summed E-state index contributed by atoms with van der Waals surface area (Å²) in [6.45, 7) is 6.05. The maximum absolute atomic E-state index is 14.3. The van der Waals surface area contributed by atoms with E-state index in [1.165, 1.54) is 12.1 Å². The van der Waals surface area contributed by atoms with Gasteiger partial charge in [0.2, 0.25) is 0 Å². The smallest absolute Gasteiger partial charge is 0.335 e. The molecule has 3 rings (SSSR count). The number of hydrogen-bond acceptors (Lipinski definition) is 4. The van der Waals surface area contributed by atoms with E-state index < -0.39 is 11.8 Å². The van der Waals surface area contributed by atoms with Crippen LogP contribution in [-0.4, -0.2) is 47.4 Å². The van der Waals surface area contributed by atoms with Crippen molar-refractivity contribution in [2.45, 2.75) is 32.1 Å². The van der Waals surface area contributed by atoms with Crippen molar-refractivity contribution in [1.29, 1.82) is 0 Å². The quantitative estimate of drug-likeness (QED) is 0.839. The molecule has 27 heavy (non-hydrogen) atoms. The molecule has 5 nitrogen and oxygen atoms in total. The van der Waals surface area contributed by atoms with Gasteiger partial charge in [-0.3, -0.25) is 4.90 Å². The number of carboxylic acids is 1.